The first kappa shape index (κ1) is 19.1. The second-order valence-corrected chi connectivity index (χ2v) is 8.46. The van der Waals surface area contributed by atoms with Crippen molar-refractivity contribution in [2.24, 2.45) is 0 Å². The van der Waals surface area contributed by atoms with Crippen molar-refractivity contribution in [3.05, 3.63) is 57.5 Å². The van der Waals surface area contributed by atoms with Gasteiger partial charge in [0.25, 0.3) is 5.91 Å². The van der Waals surface area contributed by atoms with Crippen LogP contribution in [0.5, 0.6) is 0 Å². The van der Waals surface area contributed by atoms with Gasteiger partial charge in [0.1, 0.15) is 5.82 Å². The summed E-state index contributed by atoms with van der Waals surface area (Å²) in [4.78, 5) is 30.5. The highest BCUT2D eigenvalue weighted by Crippen LogP contribution is 2.33. The lowest BCUT2D eigenvalue weighted by atomic mass is 9.94. The van der Waals surface area contributed by atoms with Crippen LogP contribution in [0.3, 0.4) is 0 Å². The molecule has 2 aliphatic heterocycles. The van der Waals surface area contributed by atoms with Crippen LogP contribution in [0.15, 0.2) is 35.7 Å². The minimum atomic E-state index is -0.539. The van der Waals surface area contributed by atoms with Crippen LogP contribution in [0.25, 0.3) is 0 Å². The van der Waals surface area contributed by atoms with Gasteiger partial charge in [0.15, 0.2) is 0 Å². The van der Waals surface area contributed by atoms with E-state index in [1.165, 1.54) is 23.5 Å². The molecule has 1 aromatic heterocycles. The maximum absolute atomic E-state index is 13.3. The predicted molar refractivity (Wildman–Crippen MR) is 105 cm³/mol. The first-order chi connectivity index (χ1) is 13.5. The second-order valence-electron chi connectivity index (χ2n) is 7.54. The van der Waals surface area contributed by atoms with Crippen molar-refractivity contribution < 1.29 is 18.7 Å². The van der Waals surface area contributed by atoms with Gasteiger partial charge in [0.2, 0.25) is 5.91 Å². The van der Waals surface area contributed by atoms with E-state index in [4.69, 9.17) is 4.74 Å². The molecule has 4 rings (SSSR count). The summed E-state index contributed by atoms with van der Waals surface area (Å²) < 4.78 is 18.9. The van der Waals surface area contributed by atoms with Crippen LogP contribution in [0, 0.1) is 12.7 Å². The lowest BCUT2D eigenvalue weighted by Crippen LogP contribution is -2.56. The Balaban J connectivity index is 1.62. The van der Waals surface area contributed by atoms with Crippen molar-refractivity contribution in [1.29, 1.82) is 0 Å². The molecule has 1 spiro atoms. The Morgan fingerprint density at radius 2 is 2.07 bits per heavy atom. The molecule has 2 fully saturated rings. The molecule has 7 heteroatoms. The van der Waals surface area contributed by atoms with Crippen molar-refractivity contribution in [2.75, 3.05) is 26.3 Å². The van der Waals surface area contributed by atoms with Gasteiger partial charge in [-0.15, -0.1) is 11.3 Å². The number of thiophene rings is 1. The number of hydrogen-bond donors (Lipinski definition) is 0. The summed E-state index contributed by atoms with van der Waals surface area (Å²) in [5.74, 6) is -0.309. The van der Waals surface area contributed by atoms with Crippen LogP contribution in [0.1, 0.15) is 33.6 Å². The largest absolute Gasteiger partial charge is 0.379 e. The maximum Gasteiger partial charge on any atom is 0.264 e. The minimum Gasteiger partial charge on any atom is -0.379 e. The molecule has 148 valence electrons. The Morgan fingerprint density at radius 3 is 2.71 bits per heavy atom. The molecule has 2 aliphatic rings. The van der Waals surface area contributed by atoms with Crippen molar-refractivity contribution >= 4 is 23.2 Å². The lowest BCUT2D eigenvalue weighted by molar-refractivity contribution is -0.137. The molecule has 2 amide bonds. The molecule has 1 atom stereocenters. The highest BCUT2D eigenvalue weighted by atomic mass is 32.1. The van der Waals surface area contributed by atoms with Crippen LogP contribution in [0.4, 0.5) is 4.39 Å². The van der Waals surface area contributed by atoms with E-state index in [-0.39, 0.29) is 24.1 Å². The fraction of sp³-hybridized carbons (Fsp3) is 0.429. The number of aryl methyl sites for hydroxylation is 1. The summed E-state index contributed by atoms with van der Waals surface area (Å²) in [6, 6.07) is 8.16. The van der Waals surface area contributed by atoms with Gasteiger partial charge in [0, 0.05) is 32.7 Å². The van der Waals surface area contributed by atoms with Crippen LogP contribution in [-0.4, -0.2) is 53.5 Å². The van der Waals surface area contributed by atoms with Gasteiger partial charge in [-0.05, 0) is 48.1 Å². The monoisotopic (exact) mass is 402 g/mol. The molecule has 28 heavy (non-hydrogen) atoms. The summed E-state index contributed by atoms with van der Waals surface area (Å²) in [6.07, 6.45) is 0.965. The quantitative estimate of drug-likeness (QED) is 0.792. The van der Waals surface area contributed by atoms with E-state index < -0.39 is 5.54 Å². The van der Waals surface area contributed by atoms with Crippen LogP contribution in [-0.2, 0) is 16.1 Å². The molecule has 0 N–H and O–H groups in total. The summed E-state index contributed by atoms with van der Waals surface area (Å²) in [5, 5.41) is 1.92. The Kier molecular flexibility index (Phi) is 5.21. The third kappa shape index (κ3) is 3.56. The van der Waals surface area contributed by atoms with E-state index in [9.17, 15) is 14.0 Å². The van der Waals surface area contributed by atoms with Gasteiger partial charge in [0.05, 0.1) is 17.0 Å². The number of amides is 2. The van der Waals surface area contributed by atoms with Crippen LogP contribution >= 0.6 is 11.3 Å². The van der Waals surface area contributed by atoms with Crippen molar-refractivity contribution in [1.82, 2.24) is 9.80 Å². The molecular formula is C21H23FN2O3S. The lowest BCUT2D eigenvalue weighted by Gasteiger charge is -2.40. The van der Waals surface area contributed by atoms with Gasteiger partial charge >= 0.3 is 0 Å². The molecule has 0 radical (unpaired) electrons. The van der Waals surface area contributed by atoms with Crippen molar-refractivity contribution in [2.45, 2.75) is 31.8 Å². The Bertz CT molecular complexity index is 874. The smallest absolute Gasteiger partial charge is 0.264 e. The molecule has 2 aromatic rings. The minimum absolute atomic E-state index is 0.00743. The number of halogens is 1. The van der Waals surface area contributed by atoms with E-state index in [0.717, 1.165) is 16.0 Å². The van der Waals surface area contributed by atoms with E-state index in [2.05, 4.69) is 0 Å². The SMILES string of the molecule is Cc1ccsc1C(=O)N1CCC(=O)N(Cc2ccc(F)cc2)C2(CCOC2)C1. The fourth-order valence-electron chi connectivity index (χ4n) is 4.02. The fourth-order valence-corrected chi connectivity index (χ4v) is 4.91. The average Bonchev–Trinajstić information content (AvgIpc) is 3.30. The molecule has 2 saturated heterocycles. The topological polar surface area (TPSA) is 49.9 Å². The van der Waals surface area contributed by atoms with E-state index >= 15 is 0 Å². The van der Waals surface area contributed by atoms with Gasteiger partial charge in [-0.1, -0.05) is 12.1 Å². The number of nitrogens with zero attached hydrogens (tertiary/aromatic N) is 2. The van der Waals surface area contributed by atoms with Crippen molar-refractivity contribution in [3.8, 4) is 0 Å². The van der Waals surface area contributed by atoms with E-state index in [1.807, 2.05) is 23.3 Å². The zero-order valence-corrected chi connectivity index (χ0v) is 16.6. The van der Waals surface area contributed by atoms with Crippen molar-refractivity contribution in [3.63, 3.8) is 0 Å². The summed E-state index contributed by atoms with van der Waals surface area (Å²) in [5.41, 5.74) is 1.29. The Hall–Kier alpha value is -2.25. The molecule has 0 bridgehead atoms. The molecule has 1 aromatic carbocycles. The average molecular weight is 402 g/mol. The molecule has 3 heterocycles. The molecule has 0 aliphatic carbocycles. The predicted octanol–water partition coefficient (Wildman–Crippen LogP) is 3.23. The summed E-state index contributed by atoms with van der Waals surface area (Å²) in [7, 11) is 0. The third-order valence-corrected chi connectivity index (χ3v) is 6.64. The van der Waals surface area contributed by atoms with Gasteiger partial charge in [-0.2, -0.15) is 0 Å². The Labute approximate surface area is 167 Å². The highest BCUT2D eigenvalue weighted by molar-refractivity contribution is 7.12. The van der Waals surface area contributed by atoms with Gasteiger partial charge in [-0.25, -0.2) is 4.39 Å². The van der Waals surface area contributed by atoms with Crippen LogP contribution < -0.4 is 0 Å². The molecular weight excluding hydrogens is 379 g/mol. The maximum atomic E-state index is 13.3. The molecule has 5 nitrogen and oxygen atoms in total. The standard InChI is InChI=1S/C21H23FN2O3S/c1-15-7-11-28-19(15)20(26)23-9-6-18(25)24(21(13-23)8-10-27-14-21)12-16-2-4-17(22)5-3-16/h2-5,7,11H,6,8-10,12-14H2,1H3. The highest BCUT2D eigenvalue weighted by Gasteiger charge is 2.47. The number of ether oxygens (including phenoxy) is 1. The normalized spacial score (nSPS) is 22.7. The number of rotatable bonds is 3. The van der Waals surface area contributed by atoms with E-state index in [1.54, 1.807) is 17.0 Å². The Morgan fingerprint density at radius 1 is 1.29 bits per heavy atom. The van der Waals surface area contributed by atoms with Gasteiger partial charge in [-0.3, -0.25) is 9.59 Å². The zero-order valence-electron chi connectivity index (χ0n) is 15.8. The number of benzene rings is 1. The molecule has 0 saturated carbocycles. The first-order valence-electron chi connectivity index (χ1n) is 9.45. The summed E-state index contributed by atoms with van der Waals surface area (Å²) in [6.45, 7) is 4.15. The molecule has 1 unspecified atom stereocenters. The zero-order chi connectivity index (χ0) is 19.7. The van der Waals surface area contributed by atoms with Crippen LogP contribution in [0.2, 0.25) is 0 Å². The van der Waals surface area contributed by atoms with E-state index in [0.29, 0.717) is 39.3 Å². The number of carbonyl (C=O) groups is 2. The third-order valence-electron chi connectivity index (χ3n) is 5.63. The van der Waals surface area contributed by atoms with Gasteiger partial charge < -0.3 is 14.5 Å². The summed E-state index contributed by atoms with van der Waals surface area (Å²) >= 11 is 1.44. The second kappa shape index (κ2) is 7.64. The first-order valence-corrected chi connectivity index (χ1v) is 10.3. The number of carbonyl (C=O) groups excluding carboxylic acids is 2. The number of hydrogen-bond acceptors (Lipinski definition) is 4.